The van der Waals surface area contributed by atoms with Gasteiger partial charge in [-0.3, -0.25) is 9.36 Å². The van der Waals surface area contributed by atoms with Gasteiger partial charge in [-0.25, -0.2) is 4.98 Å². The minimum Gasteiger partial charge on any atom is -0.346 e. The van der Waals surface area contributed by atoms with Crippen LogP contribution in [0.4, 0.5) is 0 Å². The summed E-state index contributed by atoms with van der Waals surface area (Å²) in [7, 11) is 0. The lowest BCUT2D eigenvalue weighted by Crippen LogP contribution is -2.36. The standard InChI is InChI=1S/C16H17N5OS/c1-12(10-20-8-7-17-11-20)19-15(22)14-9-18-16(23)21(14)13-5-3-2-4-6-13/h2-9,11-12H,10H2,1H3,(H,18,23)(H,19,22)/t12-/m1/s1. The van der Waals surface area contributed by atoms with Crippen molar-refractivity contribution in [3.05, 3.63) is 65.7 Å². The van der Waals surface area contributed by atoms with E-state index < -0.39 is 0 Å². The largest absolute Gasteiger partial charge is 0.346 e. The Labute approximate surface area is 138 Å². The van der Waals surface area contributed by atoms with Crippen molar-refractivity contribution in [2.45, 2.75) is 19.5 Å². The summed E-state index contributed by atoms with van der Waals surface area (Å²) < 4.78 is 4.14. The van der Waals surface area contributed by atoms with E-state index in [2.05, 4.69) is 15.3 Å². The Morgan fingerprint density at radius 1 is 1.39 bits per heavy atom. The van der Waals surface area contributed by atoms with Crippen molar-refractivity contribution in [2.75, 3.05) is 0 Å². The number of para-hydroxylation sites is 1. The van der Waals surface area contributed by atoms with E-state index in [0.29, 0.717) is 17.0 Å². The maximum Gasteiger partial charge on any atom is 0.270 e. The summed E-state index contributed by atoms with van der Waals surface area (Å²) in [5.41, 5.74) is 1.34. The van der Waals surface area contributed by atoms with Crippen molar-refractivity contribution < 1.29 is 4.79 Å². The Balaban J connectivity index is 1.79. The lowest BCUT2D eigenvalue weighted by Gasteiger charge is -2.15. The first kappa shape index (κ1) is 15.2. The van der Waals surface area contributed by atoms with Crippen LogP contribution in [0, 0.1) is 4.77 Å². The predicted molar refractivity (Wildman–Crippen MR) is 90.1 cm³/mol. The van der Waals surface area contributed by atoms with E-state index in [4.69, 9.17) is 12.2 Å². The topological polar surface area (TPSA) is 67.6 Å². The fourth-order valence-corrected chi connectivity index (χ4v) is 2.69. The molecule has 0 bridgehead atoms. The van der Waals surface area contributed by atoms with Crippen LogP contribution < -0.4 is 5.32 Å². The molecule has 23 heavy (non-hydrogen) atoms. The zero-order valence-electron chi connectivity index (χ0n) is 12.6. The predicted octanol–water partition coefficient (Wildman–Crippen LogP) is 2.55. The molecule has 0 radical (unpaired) electrons. The van der Waals surface area contributed by atoms with E-state index in [0.717, 1.165) is 5.69 Å². The fourth-order valence-electron chi connectivity index (χ4n) is 2.42. The van der Waals surface area contributed by atoms with E-state index >= 15 is 0 Å². The molecule has 3 rings (SSSR count). The molecule has 6 nitrogen and oxygen atoms in total. The molecule has 2 aromatic heterocycles. The minimum absolute atomic E-state index is 0.0376. The van der Waals surface area contributed by atoms with Gasteiger partial charge in [0.05, 0.1) is 6.33 Å². The highest BCUT2D eigenvalue weighted by atomic mass is 32.1. The van der Waals surface area contributed by atoms with Crippen molar-refractivity contribution in [3.8, 4) is 5.69 Å². The number of amides is 1. The molecule has 0 saturated heterocycles. The monoisotopic (exact) mass is 327 g/mol. The molecule has 2 heterocycles. The number of hydrogen-bond acceptors (Lipinski definition) is 3. The SMILES string of the molecule is C[C@H](Cn1ccnc1)NC(=O)c1c[nH]c(=S)n1-c1ccccc1. The van der Waals surface area contributed by atoms with Gasteiger partial charge in [-0.2, -0.15) is 0 Å². The number of carbonyl (C=O) groups excluding carboxylic acids is 1. The Morgan fingerprint density at radius 3 is 2.87 bits per heavy atom. The normalized spacial score (nSPS) is 12.0. The number of benzene rings is 1. The molecule has 0 aliphatic carbocycles. The average Bonchev–Trinajstić information content (AvgIpc) is 3.17. The molecule has 1 aromatic carbocycles. The zero-order valence-corrected chi connectivity index (χ0v) is 13.5. The van der Waals surface area contributed by atoms with Crippen LogP contribution in [-0.2, 0) is 6.54 Å². The first-order valence-electron chi connectivity index (χ1n) is 7.27. The molecular weight excluding hydrogens is 310 g/mol. The summed E-state index contributed by atoms with van der Waals surface area (Å²) in [6, 6.07) is 9.53. The van der Waals surface area contributed by atoms with Gasteiger partial charge in [0.15, 0.2) is 4.77 Å². The Morgan fingerprint density at radius 2 is 2.17 bits per heavy atom. The van der Waals surface area contributed by atoms with Crippen LogP contribution in [0.25, 0.3) is 5.69 Å². The second-order valence-electron chi connectivity index (χ2n) is 5.28. The third-order valence-electron chi connectivity index (χ3n) is 3.44. The van der Waals surface area contributed by atoms with E-state index in [1.54, 1.807) is 23.3 Å². The molecule has 0 fully saturated rings. The number of nitrogens with one attached hydrogen (secondary N) is 2. The van der Waals surface area contributed by atoms with Gasteiger partial charge in [-0.05, 0) is 31.3 Å². The van der Waals surface area contributed by atoms with E-state index in [9.17, 15) is 4.79 Å². The molecular formula is C16H17N5OS. The van der Waals surface area contributed by atoms with Crippen molar-refractivity contribution in [2.24, 2.45) is 0 Å². The number of hydrogen-bond donors (Lipinski definition) is 2. The van der Waals surface area contributed by atoms with Gasteiger partial charge >= 0.3 is 0 Å². The quantitative estimate of drug-likeness (QED) is 0.708. The van der Waals surface area contributed by atoms with Gasteiger partial charge in [0, 0.05) is 36.9 Å². The van der Waals surface area contributed by atoms with Crippen LogP contribution >= 0.6 is 12.2 Å². The molecule has 1 amide bonds. The molecule has 2 N–H and O–H groups in total. The summed E-state index contributed by atoms with van der Waals surface area (Å²) >= 11 is 5.30. The third kappa shape index (κ3) is 3.40. The highest BCUT2D eigenvalue weighted by Crippen LogP contribution is 2.12. The summed E-state index contributed by atoms with van der Waals surface area (Å²) in [6.07, 6.45) is 6.94. The molecule has 7 heteroatoms. The Bertz CT molecular complexity index is 835. The maximum atomic E-state index is 12.6. The average molecular weight is 327 g/mol. The van der Waals surface area contributed by atoms with Crippen LogP contribution in [0.1, 0.15) is 17.4 Å². The Kier molecular flexibility index (Phi) is 4.38. The minimum atomic E-state index is -0.172. The number of nitrogens with zero attached hydrogens (tertiary/aromatic N) is 3. The highest BCUT2D eigenvalue weighted by molar-refractivity contribution is 7.71. The number of H-pyrrole nitrogens is 1. The lowest BCUT2D eigenvalue weighted by molar-refractivity contribution is 0.0929. The van der Waals surface area contributed by atoms with Crippen molar-refractivity contribution in [1.82, 2.24) is 24.4 Å². The van der Waals surface area contributed by atoms with E-state index in [-0.39, 0.29) is 11.9 Å². The van der Waals surface area contributed by atoms with Crippen molar-refractivity contribution in [1.29, 1.82) is 0 Å². The smallest absolute Gasteiger partial charge is 0.270 e. The van der Waals surface area contributed by atoms with Gasteiger partial charge in [0.25, 0.3) is 5.91 Å². The molecule has 0 aliphatic rings. The Hall–Kier alpha value is -2.67. The molecule has 0 unspecified atom stereocenters. The number of aromatic nitrogens is 4. The molecule has 3 aromatic rings. The zero-order chi connectivity index (χ0) is 16.2. The lowest BCUT2D eigenvalue weighted by atomic mass is 10.3. The summed E-state index contributed by atoms with van der Waals surface area (Å²) in [4.78, 5) is 19.5. The van der Waals surface area contributed by atoms with Crippen molar-refractivity contribution in [3.63, 3.8) is 0 Å². The highest BCUT2D eigenvalue weighted by Gasteiger charge is 2.16. The molecule has 0 aliphatic heterocycles. The summed E-state index contributed by atoms with van der Waals surface area (Å²) in [5, 5.41) is 2.98. The number of rotatable bonds is 5. The van der Waals surface area contributed by atoms with Crippen LogP contribution in [0.15, 0.2) is 55.2 Å². The van der Waals surface area contributed by atoms with Gasteiger partial charge in [0.1, 0.15) is 5.69 Å². The van der Waals surface area contributed by atoms with Gasteiger partial charge in [-0.15, -0.1) is 0 Å². The third-order valence-corrected chi connectivity index (χ3v) is 3.75. The number of aromatic amines is 1. The second kappa shape index (κ2) is 6.62. The molecule has 0 saturated carbocycles. The van der Waals surface area contributed by atoms with Crippen LogP contribution in [0.3, 0.4) is 0 Å². The molecule has 1 atom stereocenters. The fraction of sp³-hybridized carbons (Fsp3) is 0.188. The summed E-state index contributed by atoms with van der Waals surface area (Å²) in [5.74, 6) is -0.172. The van der Waals surface area contributed by atoms with Crippen molar-refractivity contribution >= 4 is 18.1 Å². The number of imidazole rings is 2. The van der Waals surface area contributed by atoms with E-state index in [1.165, 1.54) is 0 Å². The maximum absolute atomic E-state index is 12.6. The summed E-state index contributed by atoms with van der Waals surface area (Å²) in [6.45, 7) is 2.61. The first-order valence-corrected chi connectivity index (χ1v) is 7.68. The molecule has 0 spiro atoms. The second-order valence-corrected chi connectivity index (χ2v) is 5.67. The molecule has 118 valence electrons. The van der Waals surface area contributed by atoms with Gasteiger partial charge < -0.3 is 14.9 Å². The number of carbonyl (C=O) groups is 1. The van der Waals surface area contributed by atoms with Crippen LogP contribution in [0.5, 0.6) is 0 Å². The van der Waals surface area contributed by atoms with Gasteiger partial charge in [-0.1, -0.05) is 18.2 Å². The van der Waals surface area contributed by atoms with E-state index in [1.807, 2.05) is 48.0 Å². The van der Waals surface area contributed by atoms with Crippen LogP contribution in [-0.4, -0.2) is 31.1 Å². The van der Waals surface area contributed by atoms with Crippen LogP contribution in [0.2, 0.25) is 0 Å². The van der Waals surface area contributed by atoms with Gasteiger partial charge in [0.2, 0.25) is 0 Å². The first-order chi connectivity index (χ1) is 11.1.